The highest BCUT2D eigenvalue weighted by Gasteiger charge is 2.43. The first-order valence-corrected chi connectivity index (χ1v) is 11.3. The molecule has 0 amide bonds. The van der Waals surface area contributed by atoms with Gasteiger partial charge in [0.2, 0.25) is 0 Å². The number of likely N-dealkylation sites (tertiary alicyclic amines) is 1. The fraction of sp³-hybridized carbons (Fsp3) is 0.440. The number of nitrogens with one attached hydrogen (secondary N) is 1. The standard InChI is InChI=1S/C25H24F6N2O2/c26-24(27,28)17-10-16(11-18(12-17)25(29,30)31)23(35)22-13-19(34)7-9-33(22)21-6-8-32-14-20(21)15-4-2-1-3-5-15/h1-5,10-12,20-22,32H,6-9,13-14H2/t20-,21-,22?/m1/s1. The van der Waals surface area contributed by atoms with Crippen LogP contribution in [-0.2, 0) is 17.1 Å². The van der Waals surface area contributed by atoms with Crippen LogP contribution in [0.5, 0.6) is 0 Å². The summed E-state index contributed by atoms with van der Waals surface area (Å²) in [5.41, 5.74) is -2.78. The van der Waals surface area contributed by atoms with E-state index >= 15 is 0 Å². The van der Waals surface area contributed by atoms with E-state index < -0.39 is 40.9 Å². The van der Waals surface area contributed by atoms with Gasteiger partial charge in [0.15, 0.2) is 5.78 Å². The minimum Gasteiger partial charge on any atom is -0.316 e. The Morgan fingerprint density at radius 2 is 1.57 bits per heavy atom. The van der Waals surface area contributed by atoms with Gasteiger partial charge in [-0.15, -0.1) is 0 Å². The van der Waals surface area contributed by atoms with E-state index in [0.717, 1.165) is 5.56 Å². The number of carbonyl (C=O) groups is 2. The van der Waals surface area contributed by atoms with Gasteiger partial charge in [-0.2, -0.15) is 26.3 Å². The fourth-order valence-corrected chi connectivity index (χ4v) is 5.06. The van der Waals surface area contributed by atoms with Crippen LogP contribution in [0.1, 0.15) is 52.2 Å². The summed E-state index contributed by atoms with van der Waals surface area (Å²) in [7, 11) is 0. The molecule has 2 heterocycles. The topological polar surface area (TPSA) is 49.4 Å². The van der Waals surface area contributed by atoms with Crippen molar-refractivity contribution in [3.63, 3.8) is 0 Å². The van der Waals surface area contributed by atoms with Crippen LogP contribution in [-0.4, -0.2) is 48.2 Å². The van der Waals surface area contributed by atoms with Crippen LogP contribution >= 0.6 is 0 Å². The highest BCUT2D eigenvalue weighted by molar-refractivity contribution is 6.03. The predicted molar refractivity (Wildman–Crippen MR) is 116 cm³/mol. The Hall–Kier alpha value is -2.72. The zero-order valence-corrected chi connectivity index (χ0v) is 18.6. The number of Topliss-reactive ketones (excluding diaryl/α,β-unsaturated/α-hetero) is 2. The van der Waals surface area contributed by atoms with Crippen molar-refractivity contribution in [3.05, 3.63) is 70.8 Å². The molecule has 1 unspecified atom stereocenters. The molecule has 2 aromatic carbocycles. The van der Waals surface area contributed by atoms with Crippen molar-refractivity contribution in [1.29, 1.82) is 0 Å². The number of piperidine rings is 2. The molecule has 2 aliphatic rings. The van der Waals surface area contributed by atoms with Crippen LogP contribution in [0.4, 0.5) is 26.3 Å². The minimum absolute atomic E-state index is 0.00118. The third-order valence-corrected chi connectivity index (χ3v) is 6.74. The molecule has 0 bridgehead atoms. The van der Waals surface area contributed by atoms with E-state index in [1.165, 1.54) is 0 Å². The first-order chi connectivity index (χ1) is 16.4. The molecule has 2 fully saturated rings. The Morgan fingerprint density at radius 1 is 0.943 bits per heavy atom. The number of benzene rings is 2. The largest absolute Gasteiger partial charge is 0.416 e. The Labute approximate surface area is 198 Å². The molecule has 1 N–H and O–H groups in total. The van der Waals surface area contributed by atoms with E-state index in [0.29, 0.717) is 31.6 Å². The zero-order chi connectivity index (χ0) is 25.4. The van der Waals surface area contributed by atoms with Gasteiger partial charge in [0.1, 0.15) is 5.78 Å². The maximum atomic E-state index is 13.5. The molecule has 2 aromatic rings. The van der Waals surface area contributed by atoms with Crippen LogP contribution in [0.2, 0.25) is 0 Å². The third kappa shape index (κ3) is 5.59. The van der Waals surface area contributed by atoms with Crippen LogP contribution in [0.15, 0.2) is 48.5 Å². The van der Waals surface area contributed by atoms with Crippen LogP contribution in [0, 0.1) is 0 Å². The molecule has 4 rings (SSSR count). The number of nitrogens with zero attached hydrogens (tertiary/aromatic N) is 1. The Balaban J connectivity index is 1.72. The molecule has 0 spiro atoms. The maximum Gasteiger partial charge on any atom is 0.416 e. The van der Waals surface area contributed by atoms with Gasteiger partial charge >= 0.3 is 12.4 Å². The van der Waals surface area contributed by atoms with Crippen molar-refractivity contribution in [3.8, 4) is 0 Å². The average molecular weight is 498 g/mol. The number of rotatable bonds is 4. The van der Waals surface area contributed by atoms with Gasteiger partial charge < -0.3 is 5.32 Å². The second-order valence-electron chi connectivity index (χ2n) is 8.98. The van der Waals surface area contributed by atoms with Gasteiger partial charge in [-0.05, 0) is 36.7 Å². The molecule has 3 atom stereocenters. The van der Waals surface area contributed by atoms with Gasteiger partial charge in [0, 0.05) is 43.5 Å². The first-order valence-electron chi connectivity index (χ1n) is 11.3. The number of ketones is 2. The average Bonchev–Trinajstić information content (AvgIpc) is 2.83. The van der Waals surface area contributed by atoms with E-state index in [-0.39, 0.29) is 43.2 Å². The highest BCUT2D eigenvalue weighted by Crippen LogP contribution is 2.38. The quantitative estimate of drug-likeness (QED) is 0.472. The van der Waals surface area contributed by atoms with E-state index in [1.54, 1.807) is 0 Å². The first kappa shape index (κ1) is 25.4. The molecule has 188 valence electrons. The smallest absolute Gasteiger partial charge is 0.316 e. The van der Waals surface area contributed by atoms with E-state index in [9.17, 15) is 35.9 Å². The lowest BCUT2D eigenvalue weighted by molar-refractivity contribution is -0.143. The monoisotopic (exact) mass is 498 g/mol. The number of alkyl halides is 6. The molecule has 4 nitrogen and oxygen atoms in total. The summed E-state index contributed by atoms with van der Waals surface area (Å²) in [6.07, 6.45) is -9.58. The molecule has 2 saturated heterocycles. The normalized spacial score (nSPS) is 24.4. The second-order valence-corrected chi connectivity index (χ2v) is 8.98. The lowest BCUT2D eigenvalue weighted by Gasteiger charge is -2.45. The van der Waals surface area contributed by atoms with Gasteiger partial charge in [-0.1, -0.05) is 30.3 Å². The van der Waals surface area contributed by atoms with E-state index in [4.69, 9.17) is 0 Å². The van der Waals surface area contributed by atoms with Crippen molar-refractivity contribution >= 4 is 11.6 Å². The van der Waals surface area contributed by atoms with Gasteiger partial charge in [-0.25, -0.2) is 0 Å². The SMILES string of the molecule is O=C1CCN([C@@H]2CCNC[C@@H]2c2ccccc2)C(C(=O)c2cc(C(F)(F)F)cc(C(F)(F)F)c2)C1. The molecular formula is C25H24F6N2O2. The van der Waals surface area contributed by atoms with Crippen molar-refractivity contribution in [1.82, 2.24) is 10.2 Å². The maximum absolute atomic E-state index is 13.5. The number of halogens is 6. The molecule has 2 aliphatic heterocycles. The Bertz CT molecular complexity index is 1050. The van der Waals surface area contributed by atoms with Crippen LogP contribution < -0.4 is 5.32 Å². The van der Waals surface area contributed by atoms with Gasteiger partial charge in [0.05, 0.1) is 17.2 Å². The molecular weight excluding hydrogens is 474 g/mol. The molecule has 0 aliphatic carbocycles. The summed E-state index contributed by atoms with van der Waals surface area (Å²) in [6, 6.07) is 9.08. The summed E-state index contributed by atoms with van der Waals surface area (Å²) in [4.78, 5) is 27.6. The summed E-state index contributed by atoms with van der Waals surface area (Å²) >= 11 is 0. The molecule has 0 aromatic heterocycles. The van der Waals surface area contributed by atoms with Gasteiger partial charge in [0.25, 0.3) is 0 Å². The number of carbonyl (C=O) groups excluding carboxylic acids is 2. The number of hydrogen-bond donors (Lipinski definition) is 1. The van der Waals surface area contributed by atoms with Crippen LogP contribution in [0.3, 0.4) is 0 Å². The fourth-order valence-electron chi connectivity index (χ4n) is 5.06. The molecule has 10 heteroatoms. The third-order valence-electron chi connectivity index (χ3n) is 6.74. The zero-order valence-electron chi connectivity index (χ0n) is 18.6. The highest BCUT2D eigenvalue weighted by atomic mass is 19.4. The Morgan fingerprint density at radius 3 is 2.17 bits per heavy atom. The van der Waals surface area contributed by atoms with Crippen LogP contribution in [0.25, 0.3) is 0 Å². The molecule has 0 saturated carbocycles. The van der Waals surface area contributed by atoms with Crippen molar-refractivity contribution in [2.45, 2.75) is 49.6 Å². The number of hydrogen-bond acceptors (Lipinski definition) is 4. The van der Waals surface area contributed by atoms with Crippen molar-refractivity contribution < 1.29 is 35.9 Å². The lowest BCUT2D eigenvalue weighted by atomic mass is 9.82. The summed E-state index contributed by atoms with van der Waals surface area (Å²) in [6.45, 7) is 1.46. The Kier molecular flexibility index (Phi) is 7.06. The van der Waals surface area contributed by atoms with Crippen molar-refractivity contribution in [2.75, 3.05) is 19.6 Å². The minimum atomic E-state index is -5.06. The van der Waals surface area contributed by atoms with Crippen molar-refractivity contribution in [2.24, 2.45) is 0 Å². The van der Waals surface area contributed by atoms with Gasteiger partial charge in [-0.3, -0.25) is 14.5 Å². The molecule has 35 heavy (non-hydrogen) atoms. The lowest BCUT2D eigenvalue weighted by Crippen LogP contribution is -2.57. The van der Waals surface area contributed by atoms with E-state index in [1.807, 2.05) is 35.2 Å². The van der Waals surface area contributed by atoms with E-state index in [2.05, 4.69) is 5.32 Å². The summed E-state index contributed by atoms with van der Waals surface area (Å²) in [5.74, 6) is -1.20. The predicted octanol–water partition coefficient (Wildman–Crippen LogP) is 5.09. The summed E-state index contributed by atoms with van der Waals surface area (Å²) in [5, 5.41) is 3.31. The summed E-state index contributed by atoms with van der Waals surface area (Å²) < 4.78 is 80.2. The second kappa shape index (κ2) is 9.73. The molecule has 0 radical (unpaired) electrons.